The molecule has 0 bridgehead atoms. The van der Waals surface area contributed by atoms with Crippen molar-refractivity contribution in [2.45, 2.75) is 19.4 Å². The topological polar surface area (TPSA) is 128 Å². The monoisotopic (exact) mass is 661 g/mol. The molecule has 1 unspecified atom stereocenters. The number of benzene rings is 5. The van der Waals surface area contributed by atoms with E-state index in [1.54, 1.807) is 79.7 Å². The molecule has 5 aromatic rings. The number of carbonyl (C=O) groups is 4. The Bertz CT molecular complexity index is 1930. The first-order valence-corrected chi connectivity index (χ1v) is 15.3. The van der Waals surface area contributed by atoms with E-state index >= 15 is 4.39 Å². The molecule has 0 fully saturated rings. The van der Waals surface area contributed by atoms with Gasteiger partial charge in [-0.2, -0.15) is 0 Å². The van der Waals surface area contributed by atoms with E-state index in [-0.39, 0.29) is 19.0 Å². The molecule has 10 heteroatoms. The van der Waals surface area contributed by atoms with Crippen LogP contribution in [0, 0.1) is 5.82 Å². The second-order valence-corrected chi connectivity index (χ2v) is 11.0. The number of ether oxygens (including phenoxy) is 3. The summed E-state index contributed by atoms with van der Waals surface area (Å²) in [5.41, 5.74) is 3.59. The van der Waals surface area contributed by atoms with Crippen molar-refractivity contribution in [3.8, 4) is 22.6 Å². The zero-order valence-electron chi connectivity index (χ0n) is 26.4. The van der Waals surface area contributed by atoms with Gasteiger partial charge in [-0.3, -0.25) is 14.4 Å². The molecule has 0 saturated heterocycles. The molecule has 49 heavy (non-hydrogen) atoms. The number of esters is 1. The number of rotatable bonds is 14. The van der Waals surface area contributed by atoms with Crippen LogP contribution in [-0.2, 0) is 25.7 Å². The molecule has 1 atom stereocenters. The van der Waals surface area contributed by atoms with Gasteiger partial charge in [0.1, 0.15) is 23.9 Å². The molecule has 248 valence electrons. The van der Waals surface area contributed by atoms with Crippen molar-refractivity contribution in [2.75, 3.05) is 18.5 Å². The SMILES string of the molecule is CC(C(=O)OCc1ccccc1)c1ccc(-c2ccc(NC(=O)COc3ccc(C(=O)c4ccc(OCC(=O)O)cc4)cc3)cc2)c(F)c1. The summed E-state index contributed by atoms with van der Waals surface area (Å²) in [4.78, 5) is 48.5. The number of carboxylic acids is 1. The van der Waals surface area contributed by atoms with E-state index in [9.17, 15) is 19.2 Å². The molecule has 0 aliphatic carbocycles. The number of hydrogen-bond acceptors (Lipinski definition) is 7. The van der Waals surface area contributed by atoms with E-state index in [0.29, 0.717) is 45.0 Å². The van der Waals surface area contributed by atoms with Crippen molar-refractivity contribution in [2.24, 2.45) is 0 Å². The van der Waals surface area contributed by atoms with Crippen molar-refractivity contribution in [3.05, 3.63) is 149 Å². The van der Waals surface area contributed by atoms with Gasteiger partial charge in [0.15, 0.2) is 19.0 Å². The Balaban J connectivity index is 1.10. The average Bonchev–Trinajstić information content (AvgIpc) is 3.12. The van der Waals surface area contributed by atoms with Gasteiger partial charge in [0.2, 0.25) is 0 Å². The van der Waals surface area contributed by atoms with E-state index in [1.807, 2.05) is 30.3 Å². The fourth-order valence-electron chi connectivity index (χ4n) is 4.82. The normalized spacial score (nSPS) is 11.2. The van der Waals surface area contributed by atoms with Gasteiger partial charge in [-0.15, -0.1) is 0 Å². The van der Waals surface area contributed by atoms with Gasteiger partial charge in [0, 0.05) is 22.4 Å². The Morgan fingerprint density at radius 1 is 0.735 bits per heavy atom. The van der Waals surface area contributed by atoms with Crippen LogP contribution >= 0.6 is 0 Å². The van der Waals surface area contributed by atoms with Crippen LogP contribution in [0.3, 0.4) is 0 Å². The number of anilines is 1. The highest BCUT2D eigenvalue weighted by Crippen LogP contribution is 2.28. The van der Waals surface area contributed by atoms with Crippen LogP contribution in [0.5, 0.6) is 11.5 Å². The van der Waals surface area contributed by atoms with Crippen LogP contribution < -0.4 is 14.8 Å². The molecule has 2 N–H and O–H groups in total. The van der Waals surface area contributed by atoms with Gasteiger partial charge in [0.05, 0.1) is 5.92 Å². The summed E-state index contributed by atoms with van der Waals surface area (Å²) in [5.74, 6) is -2.62. The predicted octanol–water partition coefficient (Wildman–Crippen LogP) is 7.05. The van der Waals surface area contributed by atoms with E-state index in [0.717, 1.165) is 5.56 Å². The molecular formula is C39H32FNO8. The van der Waals surface area contributed by atoms with Gasteiger partial charge in [-0.05, 0) is 90.3 Å². The minimum absolute atomic E-state index is 0.142. The number of halogens is 1. The van der Waals surface area contributed by atoms with Gasteiger partial charge < -0.3 is 24.6 Å². The third-order valence-corrected chi connectivity index (χ3v) is 7.52. The van der Waals surface area contributed by atoms with Gasteiger partial charge in [0.25, 0.3) is 5.91 Å². The Kier molecular flexibility index (Phi) is 11.1. The van der Waals surface area contributed by atoms with Crippen LogP contribution in [0.15, 0.2) is 121 Å². The smallest absolute Gasteiger partial charge is 0.341 e. The maximum Gasteiger partial charge on any atom is 0.341 e. The minimum Gasteiger partial charge on any atom is -0.484 e. The molecule has 5 aromatic carbocycles. The summed E-state index contributed by atoms with van der Waals surface area (Å²) in [6.07, 6.45) is 0. The third kappa shape index (κ3) is 9.39. The molecular weight excluding hydrogens is 629 g/mol. The van der Waals surface area contributed by atoms with Crippen molar-refractivity contribution < 1.29 is 42.9 Å². The number of amides is 1. The largest absolute Gasteiger partial charge is 0.484 e. The van der Waals surface area contributed by atoms with Crippen LogP contribution in [0.2, 0.25) is 0 Å². The first kappa shape index (κ1) is 34.1. The first-order chi connectivity index (χ1) is 23.7. The molecule has 1 amide bonds. The van der Waals surface area contributed by atoms with Gasteiger partial charge >= 0.3 is 11.9 Å². The molecule has 0 spiro atoms. The minimum atomic E-state index is -1.10. The van der Waals surface area contributed by atoms with Crippen LogP contribution in [0.1, 0.15) is 39.9 Å². The fraction of sp³-hybridized carbons (Fsp3) is 0.128. The van der Waals surface area contributed by atoms with E-state index in [4.69, 9.17) is 19.3 Å². The molecule has 0 saturated carbocycles. The lowest BCUT2D eigenvalue weighted by Gasteiger charge is -2.14. The van der Waals surface area contributed by atoms with Crippen LogP contribution in [0.25, 0.3) is 11.1 Å². The highest BCUT2D eigenvalue weighted by molar-refractivity contribution is 6.09. The fourth-order valence-corrected chi connectivity index (χ4v) is 4.82. The molecule has 0 aromatic heterocycles. The van der Waals surface area contributed by atoms with Gasteiger partial charge in [-0.1, -0.05) is 54.6 Å². The number of carboxylic acid groups (broad SMARTS) is 1. The van der Waals surface area contributed by atoms with Crippen molar-refractivity contribution in [1.29, 1.82) is 0 Å². The summed E-state index contributed by atoms with van der Waals surface area (Å²) in [6.45, 7) is 1.05. The molecule has 0 aliphatic heterocycles. The van der Waals surface area contributed by atoms with E-state index in [2.05, 4.69) is 5.32 Å². The number of ketones is 1. The molecule has 0 radical (unpaired) electrons. The van der Waals surface area contributed by atoms with Crippen molar-refractivity contribution in [3.63, 3.8) is 0 Å². The lowest BCUT2D eigenvalue weighted by molar-refractivity contribution is -0.146. The third-order valence-electron chi connectivity index (χ3n) is 7.52. The maximum absolute atomic E-state index is 15.1. The summed E-state index contributed by atoms with van der Waals surface area (Å²) >= 11 is 0. The number of aliphatic carboxylic acids is 1. The second kappa shape index (κ2) is 16.0. The second-order valence-electron chi connectivity index (χ2n) is 11.0. The molecule has 5 rings (SSSR count). The highest BCUT2D eigenvalue weighted by atomic mass is 19.1. The number of hydrogen-bond donors (Lipinski definition) is 2. The Labute approximate surface area is 281 Å². The number of nitrogens with one attached hydrogen (secondary N) is 1. The summed E-state index contributed by atoms with van der Waals surface area (Å²) < 4.78 is 31.2. The number of carbonyl (C=O) groups excluding carboxylic acids is 3. The standard InChI is InChI=1S/C39H32FNO8/c1-25(39(46)49-22-26-5-3-2-4-6-26)30-13-20-34(35(40)21-30)27-7-14-31(15-8-27)41-36(42)23-47-32-16-9-28(10-17-32)38(45)29-11-18-33(19-12-29)48-24-37(43)44/h2-21,25H,22-24H2,1H3,(H,41,42)(H,43,44). The maximum atomic E-state index is 15.1. The predicted molar refractivity (Wildman–Crippen MR) is 180 cm³/mol. The van der Waals surface area contributed by atoms with Crippen LogP contribution in [-0.4, -0.2) is 41.9 Å². The summed E-state index contributed by atoms with van der Waals surface area (Å²) in [7, 11) is 0. The lowest BCUT2D eigenvalue weighted by Crippen LogP contribution is -2.20. The van der Waals surface area contributed by atoms with Crippen molar-refractivity contribution in [1.82, 2.24) is 0 Å². The zero-order valence-corrected chi connectivity index (χ0v) is 26.4. The Hall–Kier alpha value is -6.29. The summed E-state index contributed by atoms with van der Waals surface area (Å²) in [5, 5.41) is 11.4. The molecule has 9 nitrogen and oxygen atoms in total. The quantitative estimate of drug-likeness (QED) is 0.0957. The summed E-state index contributed by atoms with van der Waals surface area (Å²) in [6, 6.07) is 33.1. The zero-order chi connectivity index (χ0) is 34.8. The molecule has 0 aliphatic rings. The molecule has 0 heterocycles. The Morgan fingerprint density at radius 3 is 1.90 bits per heavy atom. The highest BCUT2D eigenvalue weighted by Gasteiger charge is 2.19. The van der Waals surface area contributed by atoms with E-state index in [1.165, 1.54) is 18.2 Å². The van der Waals surface area contributed by atoms with Crippen LogP contribution in [0.4, 0.5) is 10.1 Å². The first-order valence-electron chi connectivity index (χ1n) is 15.3. The van der Waals surface area contributed by atoms with Crippen molar-refractivity contribution >= 4 is 29.3 Å². The van der Waals surface area contributed by atoms with E-state index < -0.39 is 36.2 Å². The average molecular weight is 662 g/mol. The lowest BCUT2D eigenvalue weighted by atomic mass is 9.97. The van der Waals surface area contributed by atoms with Gasteiger partial charge in [-0.25, -0.2) is 9.18 Å². The Morgan fingerprint density at radius 2 is 1.33 bits per heavy atom.